The maximum atomic E-state index is 12.7. The second kappa shape index (κ2) is 6.32. The number of aromatic hydroxyl groups is 1. The SMILES string of the molecule is CSc1nc2scc(-c3cc(Cl)cc(I)c3O)n2c(=O)c1C#N. The molecule has 3 aromatic rings. The van der Waals surface area contributed by atoms with E-state index in [4.69, 9.17) is 11.6 Å². The Morgan fingerprint density at radius 1 is 1.52 bits per heavy atom. The zero-order chi connectivity index (χ0) is 16.7. The van der Waals surface area contributed by atoms with E-state index >= 15 is 0 Å². The summed E-state index contributed by atoms with van der Waals surface area (Å²) in [5, 5.41) is 22.1. The van der Waals surface area contributed by atoms with Gasteiger partial charge < -0.3 is 5.11 Å². The fourth-order valence-electron chi connectivity index (χ4n) is 2.12. The molecule has 0 atom stereocenters. The largest absolute Gasteiger partial charge is 0.506 e. The number of benzene rings is 1. The number of thioether (sulfide) groups is 1. The molecule has 0 aliphatic rings. The molecule has 5 nitrogen and oxygen atoms in total. The van der Waals surface area contributed by atoms with E-state index in [-0.39, 0.29) is 11.3 Å². The highest BCUT2D eigenvalue weighted by Crippen LogP contribution is 2.37. The van der Waals surface area contributed by atoms with Gasteiger partial charge in [0.25, 0.3) is 5.56 Å². The van der Waals surface area contributed by atoms with Gasteiger partial charge in [0, 0.05) is 16.0 Å². The Labute approximate surface area is 157 Å². The van der Waals surface area contributed by atoms with Crippen LogP contribution in [0.25, 0.3) is 16.2 Å². The number of nitriles is 1. The Bertz CT molecular complexity index is 1040. The summed E-state index contributed by atoms with van der Waals surface area (Å²) in [7, 11) is 0. The fourth-order valence-corrected chi connectivity index (χ4v) is 4.61. The van der Waals surface area contributed by atoms with Gasteiger partial charge in [-0.3, -0.25) is 4.79 Å². The minimum atomic E-state index is -0.451. The van der Waals surface area contributed by atoms with Crippen molar-refractivity contribution in [3.63, 3.8) is 0 Å². The molecule has 0 aliphatic carbocycles. The first-order chi connectivity index (χ1) is 11.0. The summed E-state index contributed by atoms with van der Waals surface area (Å²) in [5.74, 6) is 0.0362. The summed E-state index contributed by atoms with van der Waals surface area (Å²) in [6, 6.07) is 5.12. The monoisotopic (exact) mass is 475 g/mol. The van der Waals surface area contributed by atoms with Gasteiger partial charge in [-0.2, -0.15) is 5.26 Å². The maximum Gasteiger partial charge on any atom is 0.278 e. The van der Waals surface area contributed by atoms with Gasteiger partial charge in [0.2, 0.25) is 0 Å². The molecule has 23 heavy (non-hydrogen) atoms. The number of fused-ring (bicyclic) bond motifs is 1. The third-order valence-electron chi connectivity index (χ3n) is 3.15. The number of thiazole rings is 1. The molecule has 116 valence electrons. The molecular weight excluding hydrogens is 469 g/mol. The molecule has 9 heteroatoms. The Hall–Kier alpha value is -1.28. The van der Waals surface area contributed by atoms with Crippen molar-refractivity contribution in [3.05, 3.63) is 42.0 Å². The molecule has 0 amide bonds. The van der Waals surface area contributed by atoms with Crippen LogP contribution in [0.4, 0.5) is 0 Å². The molecule has 0 aliphatic heterocycles. The van der Waals surface area contributed by atoms with E-state index in [0.29, 0.717) is 29.8 Å². The molecule has 1 N–H and O–H groups in total. The first kappa shape index (κ1) is 16.6. The number of halogens is 2. The van der Waals surface area contributed by atoms with Gasteiger partial charge in [-0.25, -0.2) is 9.38 Å². The van der Waals surface area contributed by atoms with E-state index in [1.807, 2.05) is 28.7 Å². The van der Waals surface area contributed by atoms with Crippen LogP contribution in [0.5, 0.6) is 5.75 Å². The molecule has 0 fully saturated rings. The first-order valence-electron chi connectivity index (χ1n) is 6.14. The van der Waals surface area contributed by atoms with Crippen LogP contribution in [0, 0.1) is 14.9 Å². The molecule has 0 spiro atoms. The quantitative estimate of drug-likeness (QED) is 0.345. The van der Waals surface area contributed by atoms with E-state index in [1.165, 1.54) is 27.5 Å². The van der Waals surface area contributed by atoms with Crippen molar-refractivity contribution >= 4 is 62.3 Å². The average molecular weight is 476 g/mol. The number of nitrogens with zero attached hydrogens (tertiary/aromatic N) is 3. The normalized spacial score (nSPS) is 10.9. The number of hydrogen-bond acceptors (Lipinski definition) is 6. The van der Waals surface area contributed by atoms with Crippen LogP contribution >= 0.6 is 57.3 Å². The summed E-state index contributed by atoms with van der Waals surface area (Å²) in [6.45, 7) is 0. The van der Waals surface area contributed by atoms with Gasteiger partial charge in [-0.05, 0) is 41.0 Å². The lowest BCUT2D eigenvalue weighted by Gasteiger charge is -2.08. The van der Waals surface area contributed by atoms with E-state index < -0.39 is 5.56 Å². The number of hydrogen-bond donors (Lipinski definition) is 1. The lowest BCUT2D eigenvalue weighted by Crippen LogP contribution is -2.19. The van der Waals surface area contributed by atoms with Gasteiger partial charge in [0.05, 0.1) is 9.26 Å². The lowest BCUT2D eigenvalue weighted by molar-refractivity contribution is 0.473. The van der Waals surface area contributed by atoms with Crippen LogP contribution in [-0.2, 0) is 0 Å². The Morgan fingerprint density at radius 3 is 2.91 bits per heavy atom. The zero-order valence-corrected chi connectivity index (χ0v) is 16.0. The van der Waals surface area contributed by atoms with Crippen LogP contribution in [0.1, 0.15) is 5.56 Å². The van der Waals surface area contributed by atoms with Crippen LogP contribution in [0.3, 0.4) is 0 Å². The van der Waals surface area contributed by atoms with Crippen molar-refractivity contribution in [1.29, 1.82) is 5.26 Å². The van der Waals surface area contributed by atoms with Crippen LogP contribution in [0.15, 0.2) is 27.3 Å². The molecule has 0 radical (unpaired) electrons. The molecule has 0 saturated carbocycles. The summed E-state index contributed by atoms with van der Waals surface area (Å²) in [6.07, 6.45) is 1.76. The third kappa shape index (κ3) is 2.71. The van der Waals surface area contributed by atoms with Crippen molar-refractivity contribution in [3.8, 4) is 23.1 Å². The van der Waals surface area contributed by atoms with E-state index in [2.05, 4.69) is 4.98 Å². The predicted molar refractivity (Wildman–Crippen MR) is 101 cm³/mol. The third-order valence-corrected chi connectivity index (χ3v) is 5.69. The first-order valence-corrected chi connectivity index (χ1v) is 9.70. The maximum absolute atomic E-state index is 12.7. The number of rotatable bonds is 2. The van der Waals surface area contributed by atoms with E-state index in [1.54, 1.807) is 23.8 Å². The molecule has 1 aromatic carbocycles. The highest BCUT2D eigenvalue weighted by Gasteiger charge is 2.19. The second-order valence-corrected chi connectivity index (χ2v) is 7.67. The van der Waals surface area contributed by atoms with E-state index in [0.717, 1.165) is 0 Å². The molecule has 3 rings (SSSR count). The Balaban J connectivity index is 2.42. The highest BCUT2D eigenvalue weighted by molar-refractivity contribution is 14.1. The van der Waals surface area contributed by atoms with Crippen molar-refractivity contribution in [1.82, 2.24) is 9.38 Å². The highest BCUT2D eigenvalue weighted by atomic mass is 127. The predicted octanol–water partition coefficient (Wildman–Crippen LogP) is 3.98. The van der Waals surface area contributed by atoms with Gasteiger partial charge in [0.1, 0.15) is 22.4 Å². The smallest absolute Gasteiger partial charge is 0.278 e. The molecule has 2 heterocycles. The summed E-state index contributed by atoms with van der Waals surface area (Å²) in [5.41, 5.74) is 0.431. The topological polar surface area (TPSA) is 78.4 Å². The molecule has 2 aromatic heterocycles. The van der Waals surface area contributed by atoms with Crippen molar-refractivity contribution in [2.24, 2.45) is 0 Å². The standard InChI is InChI=1S/C14H7ClIN3O2S2/c1-22-12-8(4-17)13(21)19-10(5-23-14(19)18-12)7-2-6(15)3-9(16)11(7)20/h2-3,5,20H,1H3. The number of aromatic nitrogens is 2. The molecule has 0 saturated heterocycles. The average Bonchev–Trinajstić information content (AvgIpc) is 2.94. The van der Waals surface area contributed by atoms with Gasteiger partial charge in [0.15, 0.2) is 4.96 Å². The van der Waals surface area contributed by atoms with Crippen LogP contribution in [-0.4, -0.2) is 20.7 Å². The zero-order valence-electron chi connectivity index (χ0n) is 11.5. The van der Waals surface area contributed by atoms with Gasteiger partial charge in [-0.1, -0.05) is 11.6 Å². The minimum Gasteiger partial charge on any atom is -0.506 e. The Morgan fingerprint density at radius 2 is 2.26 bits per heavy atom. The summed E-state index contributed by atoms with van der Waals surface area (Å²) < 4.78 is 1.91. The minimum absolute atomic E-state index is 0.00846. The van der Waals surface area contributed by atoms with Gasteiger partial charge in [-0.15, -0.1) is 23.1 Å². The number of phenols is 1. The number of phenolic OH excluding ortho intramolecular Hbond substituents is 1. The Kier molecular flexibility index (Phi) is 4.55. The molecule has 0 unspecified atom stereocenters. The summed E-state index contributed by atoms with van der Waals surface area (Å²) >= 11 is 10.5. The van der Waals surface area contributed by atoms with Crippen LogP contribution < -0.4 is 5.56 Å². The van der Waals surface area contributed by atoms with Crippen LogP contribution in [0.2, 0.25) is 5.02 Å². The second-order valence-electron chi connectivity index (χ2n) is 4.44. The summed E-state index contributed by atoms with van der Waals surface area (Å²) in [4.78, 5) is 17.5. The lowest BCUT2D eigenvalue weighted by atomic mass is 10.1. The van der Waals surface area contributed by atoms with Crippen molar-refractivity contribution < 1.29 is 5.11 Å². The molecule has 0 bridgehead atoms. The molecular formula is C14H7ClIN3O2S2. The van der Waals surface area contributed by atoms with E-state index in [9.17, 15) is 15.2 Å². The van der Waals surface area contributed by atoms with Gasteiger partial charge >= 0.3 is 0 Å². The van der Waals surface area contributed by atoms with Crippen molar-refractivity contribution in [2.75, 3.05) is 6.26 Å². The fraction of sp³-hybridized carbons (Fsp3) is 0.0714. The van der Waals surface area contributed by atoms with Crippen molar-refractivity contribution in [2.45, 2.75) is 5.03 Å².